The van der Waals surface area contributed by atoms with Gasteiger partial charge in [0.1, 0.15) is 11.9 Å². The number of carbonyl (C=O) groups excluding carboxylic acids is 4. The summed E-state index contributed by atoms with van der Waals surface area (Å²) in [5, 5.41) is 13.7. The first-order chi connectivity index (χ1) is 15.1. The zero-order valence-corrected chi connectivity index (χ0v) is 18.0. The molecule has 0 radical (unpaired) electrons. The van der Waals surface area contributed by atoms with E-state index in [1.807, 2.05) is 0 Å². The van der Waals surface area contributed by atoms with E-state index in [1.165, 1.54) is 17.9 Å². The molecule has 1 saturated heterocycles. The molecule has 1 atom stereocenters. The summed E-state index contributed by atoms with van der Waals surface area (Å²) < 4.78 is 1.43. The third kappa shape index (κ3) is 3.27. The molecule has 0 unspecified atom stereocenters. The van der Waals surface area contributed by atoms with Crippen molar-refractivity contribution in [2.75, 3.05) is 6.54 Å². The maximum atomic E-state index is 13.2. The van der Waals surface area contributed by atoms with Crippen LogP contribution in [0.1, 0.15) is 51.5 Å². The summed E-state index contributed by atoms with van der Waals surface area (Å²) in [5.74, 6) is -1.19. The molecule has 4 rings (SSSR count). The zero-order chi connectivity index (χ0) is 23.2. The van der Waals surface area contributed by atoms with Gasteiger partial charge in [-0.25, -0.2) is 9.48 Å². The number of Topliss-reactive ketones (excluding diaryl/α,β-unsaturated/α-hetero) is 2. The zero-order valence-electron chi connectivity index (χ0n) is 18.0. The Kier molecular flexibility index (Phi) is 4.96. The van der Waals surface area contributed by atoms with Crippen LogP contribution in [0.3, 0.4) is 0 Å². The summed E-state index contributed by atoms with van der Waals surface area (Å²) in [6.07, 6.45) is 1.41. The Morgan fingerprint density at radius 1 is 1.19 bits per heavy atom. The molecule has 1 aliphatic rings. The molecule has 3 amide bonds. The molecule has 0 bridgehead atoms. The molecule has 2 N–H and O–H groups in total. The van der Waals surface area contributed by atoms with E-state index in [0.29, 0.717) is 28.1 Å². The molecule has 11 heteroatoms. The lowest BCUT2D eigenvalue weighted by Gasteiger charge is -2.22. The van der Waals surface area contributed by atoms with Crippen LogP contribution < -0.4 is 5.32 Å². The van der Waals surface area contributed by atoms with E-state index in [-0.39, 0.29) is 11.5 Å². The monoisotopic (exact) mass is 435 g/mol. The maximum absolute atomic E-state index is 13.2. The number of nitrogens with zero attached hydrogens (tertiary/aromatic N) is 5. The van der Waals surface area contributed by atoms with E-state index in [2.05, 4.69) is 25.8 Å². The van der Waals surface area contributed by atoms with Gasteiger partial charge in [-0.2, -0.15) is 0 Å². The SMILES string of the molecule is CC(=O)c1c(C)[nH]c(C(=O)CN2C(=O)N[C@](C)(c3cccc(-n4cnnn4)c3)C2=O)c1C. The normalized spacial score (nSPS) is 18.2. The van der Waals surface area contributed by atoms with Gasteiger partial charge in [-0.15, -0.1) is 5.10 Å². The number of ketones is 2. The third-order valence-corrected chi connectivity index (χ3v) is 5.68. The summed E-state index contributed by atoms with van der Waals surface area (Å²) >= 11 is 0. The predicted molar refractivity (Wildman–Crippen MR) is 111 cm³/mol. The number of aryl methyl sites for hydroxylation is 1. The number of carbonyl (C=O) groups is 4. The fourth-order valence-electron chi connectivity index (χ4n) is 4.05. The van der Waals surface area contributed by atoms with Gasteiger partial charge in [0.2, 0.25) is 0 Å². The molecule has 2 aromatic heterocycles. The molecular weight excluding hydrogens is 414 g/mol. The van der Waals surface area contributed by atoms with Crippen molar-refractivity contribution < 1.29 is 19.2 Å². The van der Waals surface area contributed by atoms with Gasteiger partial charge < -0.3 is 10.3 Å². The lowest BCUT2D eigenvalue weighted by Crippen LogP contribution is -2.41. The summed E-state index contributed by atoms with van der Waals surface area (Å²) in [5.41, 5.74) is 1.48. The molecule has 1 aliphatic heterocycles. The Balaban J connectivity index is 1.61. The summed E-state index contributed by atoms with van der Waals surface area (Å²) in [6, 6.07) is 6.20. The van der Waals surface area contributed by atoms with Crippen molar-refractivity contribution in [1.29, 1.82) is 0 Å². The van der Waals surface area contributed by atoms with Crippen LogP contribution in [0.5, 0.6) is 0 Å². The summed E-state index contributed by atoms with van der Waals surface area (Å²) in [6.45, 7) is 5.90. The number of hydrogen-bond acceptors (Lipinski definition) is 7. The smallest absolute Gasteiger partial charge is 0.325 e. The fourth-order valence-corrected chi connectivity index (χ4v) is 4.05. The van der Waals surface area contributed by atoms with Crippen LogP contribution in [-0.4, -0.2) is 60.1 Å². The van der Waals surface area contributed by atoms with Gasteiger partial charge in [0.15, 0.2) is 11.6 Å². The average Bonchev–Trinajstić information content (AvgIpc) is 3.43. The number of nitrogens with one attached hydrogen (secondary N) is 2. The van der Waals surface area contributed by atoms with Crippen LogP contribution in [0.2, 0.25) is 0 Å². The van der Waals surface area contributed by atoms with Crippen LogP contribution in [0, 0.1) is 13.8 Å². The largest absolute Gasteiger partial charge is 0.355 e. The number of rotatable bonds is 6. The van der Waals surface area contributed by atoms with Crippen molar-refractivity contribution in [3.05, 3.63) is 58.7 Å². The van der Waals surface area contributed by atoms with Gasteiger partial charge in [-0.1, -0.05) is 12.1 Å². The molecule has 0 spiro atoms. The first kappa shape index (κ1) is 21.1. The van der Waals surface area contributed by atoms with Crippen molar-refractivity contribution in [1.82, 2.24) is 35.4 Å². The Hall–Kier alpha value is -4.15. The number of urea groups is 1. The first-order valence-corrected chi connectivity index (χ1v) is 9.84. The van der Waals surface area contributed by atoms with Crippen molar-refractivity contribution in [3.8, 4) is 5.69 Å². The highest BCUT2D eigenvalue weighted by molar-refractivity contribution is 6.12. The standard InChI is InChI=1S/C21H21N7O4/c1-11-17(13(3)29)12(2)23-18(11)16(30)9-27-19(31)21(4,24-20(27)32)14-6-5-7-15(8-14)28-10-22-25-26-28/h5-8,10,23H,9H2,1-4H3,(H,24,32)/t21-/m1/s1. The van der Waals surface area contributed by atoms with Gasteiger partial charge in [-0.3, -0.25) is 19.3 Å². The molecule has 11 nitrogen and oxygen atoms in total. The predicted octanol–water partition coefficient (Wildman–Crippen LogP) is 1.46. The Bertz CT molecular complexity index is 1260. The van der Waals surface area contributed by atoms with Crippen LogP contribution in [0.15, 0.2) is 30.6 Å². The second-order valence-electron chi connectivity index (χ2n) is 7.86. The number of benzene rings is 1. The minimum Gasteiger partial charge on any atom is -0.355 e. The quantitative estimate of drug-likeness (QED) is 0.441. The van der Waals surface area contributed by atoms with E-state index in [1.54, 1.807) is 45.0 Å². The van der Waals surface area contributed by atoms with E-state index in [0.717, 1.165) is 4.90 Å². The molecule has 164 valence electrons. The second-order valence-corrected chi connectivity index (χ2v) is 7.86. The van der Waals surface area contributed by atoms with Gasteiger partial charge in [0.25, 0.3) is 5.91 Å². The Morgan fingerprint density at radius 3 is 2.56 bits per heavy atom. The number of amides is 3. The number of aromatic nitrogens is 5. The molecule has 1 fully saturated rings. The maximum Gasteiger partial charge on any atom is 0.325 e. The molecule has 3 heterocycles. The minimum atomic E-state index is -1.37. The number of imide groups is 1. The molecular formula is C21H21N7O4. The summed E-state index contributed by atoms with van der Waals surface area (Å²) in [4.78, 5) is 54.5. The number of tetrazole rings is 1. The topological polar surface area (TPSA) is 143 Å². The first-order valence-electron chi connectivity index (χ1n) is 9.84. The van der Waals surface area contributed by atoms with Crippen LogP contribution in [-0.2, 0) is 10.3 Å². The number of H-pyrrole nitrogens is 1. The molecule has 32 heavy (non-hydrogen) atoms. The number of aromatic amines is 1. The lowest BCUT2D eigenvalue weighted by atomic mass is 9.91. The van der Waals surface area contributed by atoms with Gasteiger partial charge in [0.05, 0.1) is 17.9 Å². The van der Waals surface area contributed by atoms with Crippen molar-refractivity contribution in [2.24, 2.45) is 0 Å². The minimum absolute atomic E-state index is 0.166. The molecule has 0 aliphatic carbocycles. The second kappa shape index (κ2) is 7.52. The number of hydrogen-bond donors (Lipinski definition) is 2. The lowest BCUT2D eigenvalue weighted by molar-refractivity contribution is -0.130. The van der Waals surface area contributed by atoms with Crippen molar-refractivity contribution in [2.45, 2.75) is 33.2 Å². The highest BCUT2D eigenvalue weighted by atomic mass is 16.2. The van der Waals surface area contributed by atoms with Gasteiger partial charge >= 0.3 is 6.03 Å². The average molecular weight is 435 g/mol. The Morgan fingerprint density at radius 2 is 1.94 bits per heavy atom. The Labute approximate surface area is 182 Å². The van der Waals surface area contributed by atoms with Gasteiger partial charge in [-0.05, 0) is 61.4 Å². The summed E-state index contributed by atoms with van der Waals surface area (Å²) in [7, 11) is 0. The highest BCUT2D eigenvalue weighted by Crippen LogP contribution is 2.30. The van der Waals surface area contributed by atoms with Crippen molar-refractivity contribution in [3.63, 3.8) is 0 Å². The molecule has 3 aromatic rings. The molecule has 1 aromatic carbocycles. The van der Waals surface area contributed by atoms with Crippen LogP contribution >= 0.6 is 0 Å². The molecule has 0 saturated carbocycles. The third-order valence-electron chi connectivity index (χ3n) is 5.68. The van der Waals surface area contributed by atoms with E-state index >= 15 is 0 Å². The van der Waals surface area contributed by atoms with E-state index < -0.39 is 29.8 Å². The van der Waals surface area contributed by atoms with Gasteiger partial charge in [0, 0.05) is 11.3 Å². The van der Waals surface area contributed by atoms with E-state index in [4.69, 9.17) is 0 Å². The fraction of sp³-hybridized carbons (Fsp3) is 0.286. The van der Waals surface area contributed by atoms with Crippen LogP contribution in [0.25, 0.3) is 5.69 Å². The highest BCUT2D eigenvalue weighted by Gasteiger charge is 2.49. The van der Waals surface area contributed by atoms with E-state index in [9.17, 15) is 19.2 Å². The van der Waals surface area contributed by atoms with Crippen molar-refractivity contribution >= 4 is 23.5 Å². The van der Waals surface area contributed by atoms with Crippen LogP contribution in [0.4, 0.5) is 4.79 Å².